The molecule has 1 fully saturated rings. The molecule has 0 N–H and O–H groups in total. The minimum atomic E-state index is -0.238. The Morgan fingerprint density at radius 1 is 1.40 bits per heavy atom. The number of thioether (sulfide) groups is 1. The topological polar surface area (TPSA) is 94.7 Å². The predicted molar refractivity (Wildman–Crippen MR) is 112 cm³/mol. The molecule has 3 aromatic heterocycles. The maximum Gasteiger partial charge on any atom is 0.256 e. The first kappa shape index (κ1) is 20.3. The number of nitrogens with zero attached hydrogens (tertiary/aromatic N) is 6. The molecule has 9 nitrogen and oxygen atoms in total. The summed E-state index contributed by atoms with van der Waals surface area (Å²) >= 11 is 1.44. The van der Waals surface area contributed by atoms with E-state index in [1.165, 1.54) is 11.8 Å². The SMILES string of the molecule is CSc1nc2nc(C)cc(OCC3CN(C(=O)/C=C/c4ccccn4)CCO3)n2n1. The molecule has 1 saturated heterocycles. The first-order valence-electron chi connectivity index (χ1n) is 9.53. The average molecular weight is 427 g/mol. The molecule has 3 aromatic rings. The van der Waals surface area contributed by atoms with E-state index in [1.807, 2.05) is 37.4 Å². The van der Waals surface area contributed by atoms with Gasteiger partial charge in [-0.25, -0.2) is 4.98 Å². The van der Waals surface area contributed by atoms with Crippen molar-refractivity contribution in [2.75, 3.05) is 32.6 Å². The normalized spacial score (nSPS) is 17.0. The van der Waals surface area contributed by atoms with Crippen LogP contribution >= 0.6 is 11.8 Å². The van der Waals surface area contributed by atoms with Crippen LogP contribution in [0.2, 0.25) is 0 Å². The lowest BCUT2D eigenvalue weighted by Crippen LogP contribution is -2.47. The van der Waals surface area contributed by atoms with Gasteiger partial charge in [0.1, 0.15) is 12.7 Å². The lowest BCUT2D eigenvalue weighted by atomic mass is 10.2. The van der Waals surface area contributed by atoms with Gasteiger partial charge in [0, 0.05) is 30.6 Å². The predicted octanol–water partition coefficient (Wildman–Crippen LogP) is 1.87. The Kier molecular flexibility index (Phi) is 6.24. The number of hydrogen-bond acceptors (Lipinski definition) is 8. The van der Waals surface area contributed by atoms with Crippen LogP contribution < -0.4 is 4.74 Å². The minimum absolute atomic E-state index is 0.0722. The van der Waals surface area contributed by atoms with Crippen LogP contribution in [0.25, 0.3) is 11.9 Å². The van der Waals surface area contributed by atoms with Gasteiger partial charge in [0.15, 0.2) is 0 Å². The number of aromatic nitrogens is 5. The summed E-state index contributed by atoms with van der Waals surface area (Å²) in [5, 5.41) is 5.02. The van der Waals surface area contributed by atoms with E-state index in [2.05, 4.69) is 20.1 Å². The molecule has 1 aliphatic rings. The number of aryl methyl sites for hydroxylation is 1. The second kappa shape index (κ2) is 9.23. The molecule has 10 heteroatoms. The summed E-state index contributed by atoms with van der Waals surface area (Å²) in [4.78, 5) is 27.2. The minimum Gasteiger partial charge on any atom is -0.475 e. The summed E-state index contributed by atoms with van der Waals surface area (Å²) < 4.78 is 13.3. The van der Waals surface area contributed by atoms with E-state index in [4.69, 9.17) is 9.47 Å². The third-order valence-corrected chi connectivity index (χ3v) is 5.06. The van der Waals surface area contributed by atoms with Crippen LogP contribution in [0.4, 0.5) is 0 Å². The second-order valence-corrected chi connectivity index (χ2v) is 7.50. The summed E-state index contributed by atoms with van der Waals surface area (Å²) in [5.41, 5.74) is 1.53. The largest absolute Gasteiger partial charge is 0.475 e. The van der Waals surface area contributed by atoms with Crippen LogP contribution in [0.3, 0.4) is 0 Å². The van der Waals surface area contributed by atoms with Crippen molar-refractivity contribution in [1.82, 2.24) is 29.5 Å². The third-order valence-electron chi connectivity index (χ3n) is 4.52. The van der Waals surface area contributed by atoms with Gasteiger partial charge in [-0.05, 0) is 31.4 Å². The van der Waals surface area contributed by atoms with Crippen LogP contribution in [0.15, 0.2) is 41.7 Å². The fraction of sp³-hybridized carbons (Fsp3) is 0.350. The highest BCUT2D eigenvalue weighted by molar-refractivity contribution is 7.98. The number of rotatable bonds is 6. The highest BCUT2D eigenvalue weighted by atomic mass is 32.2. The molecule has 0 spiro atoms. The van der Waals surface area contributed by atoms with Gasteiger partial charge in [0.25, 0.3) is 5.78 Å². The second-order valence-electron chi connectivity index (χ2n) is 6.72. The average Bonchev–Trinajstić information content (AvgIpc) is 3.20. The van der Waals surface area contributed by atoms with Gasteiger partial charge in [0.2, 0.25) is 16.9 Å². The molecule has 156 valence electrons. The number of fused-ring (bicyclic) bond motifs is 1. The number of hydrogen-bond donors (Lipinski definition) is 0. The van der Waals surface area contributed by atoms with Crippen molar-refractivity contribution in [2.24, 2.45) is 0 Å². The fourth-order valence-corrected chi connectivity index (χ4v) is 3.40. The Bertz CT molecular complexity index is 1060. The van der Waals surface area contributed by atoms with Gasteiger partial charge in [0.05, 0.1) is 18.8 Å². The number of pyridine rings is 1. The van der Waals surface area contributed by atoms with Crippen LogP contribution in [0, 0.1) is 6.92 Å². The van der Waals surface area contributed by atoms with Crippen molar-refractivity contribution in [3.63, 3.8) is 0 Å². The van der Waals surface area contributed by atoms with Crippen molar-refractivity contribution in [3.05, 3.63) is 47.9 Å². The Morgan fingerprint density at radius 3 is 3.10 bits per heavy atom. The molecule has 0 aliphatic carbocycles. The molecule has 4 rings (SSSR count). The Labute approximate surface area is 178 Å². The van der Waals surface area contributed by atoms with Gasteiger partial charge in [-0.15, -0.1) is 5.10 Å². The van der Waals surface area contributed by atoms with E-state index in [0.29, 0.717) is 43.1 Å². The smallest absolute Gasteiger partial charge is 0.256 e. The first-order chi connectivity index (χ1) is 14.6. The van der Waals surface area contributed by atoms with E-state index >= 15 is 0 Å². The maximum absolute atomic E-state index is 12.5. The Hall–Kier alpha value is -2.98. The van der Waals surface area contributed by atoms with E-state index in [1.54, 1.807) is 27.8 Å². The molecule has 1 unspecified atom stereocenters. The molecule has 0 aromatic carbocycles. The van der Waals surface area contributed by atoms with E-state index in [0.717, 1.165) is 11.4 Å². The van der Waals surface area contributed by atoms with E-state index in [-0.39, 0.29) is 12.0 Å². The molecule has 1 atom stereocenters. The van der Waals surface area contributed by atoms with Crippen molar-refractivity contribution < 1.29 is 14.3 Å². The monoisotopic (exact) mass is 426 g/mol. The zero-order chi connectivity index (χ0) is 20.9. The summed E-state index contributed by atoms with van der Waals surface area (Å²) in [6, 6.07) is 7.39. The fourth-order valence-electron chi connectivity index (χ4n) is 3.06. The molecule has 0 bridgehead atoms. The van der Waals surface area contributed by atoms with Crippen LogP contribution in [-0.4, -0.2) is 74.0 Å². The summed E-state index contributed by atoms with van der Waals surface area (Å²) in [5.74, 6) is 0.972. The van der Waals surface area contributed by atoms with Crippen LogP contribution in [0.5, 0.6) is 5.88 Å². The summed E-state index contributed by atoms with van der Waals surface area (Å²) in [7, 11) is 0. The van der Waals surface area contributed by atoms with Crippen molar-refractivity contribution in [2.45, 2.75) is 18.2 Å². The molecular formula is C20H22N6O3S. The zero-order valence-corrected chi connectivity index (χ0v) is 17.6. The van der Waals surface area contributed by atoms with Gasteiger partial charge in [-0.1, -0.05) is 17.8 Å². The number of carbonyl (C=O) groups is 1. The van der Waals surface area contributed by atoms with E-state index in [9.17, 15) is 4.79 Å². The molecule has 4 heterocycles. The lowest BCUT2D eigenvalue weighted by Gasteiger charge is -2.32. The van der Waals surface area contributed by atoms with E-state index < -0.39 is 0 Å². The summed E-state index contributed by atoms with van der Waals surface area (Å²) in [6.07, 6.45) is 6.62. The van der Waals surface area contributed by atoms with Gasteiger partial charge < -0.3 is 14.4 Å². The Balaban J connectivity index is 1.39. The molecule has 1 aliphatic heterocycles. The number of morpholine rings is 1. The maximum atomic E-state index is 12.5. The van der Waals surface area contributed by atoms with Gasteiger partial charge in [-0.3, -0.25) is 9.78 Å². The molecule has 0 radical (unpaired) electrons. The molecular weight excluding hydrogens is 404 g/mol. The molecule has 30 heavy (non-hydrogen) atoms. The molecule has 0 saturated carbocycles. The third kappa shape index (κ3) is 4.77. The lowest BCUT2D eigenvalue weighted by molar-refractivity contribution is -0.134. The number of carbonyl (C=O) groups excluding carboxylic acids is 1. The summed E-state index contributed by atoms with van der Waals surface area (Å²) in [6.45, 7) is 3.63. The number of ether oxygens (including phenoxy) is 2. The van der Waals surface area contributed by atoms with Crippen molar-refractivity contribution in [3.8, 4) is 5.88 Å². The van der Waals surface area contributed by atoms with Gasteiger partial charge in [-0.2, -0.15) is 9.50 Å². The highest BCUT2D eigenvalue weighted by Crippen LogP contribution is 2.18. The first-order valence-corrected chi connectivity index (χ1v) is 10.8. The molecule has 1 amide bonds. The van der Waals surface area contributed by atoms with Crippen molar-refractivity contribution in [1.29, 1.82) is 0 Å². The Morgan fingerprint density at radius 2 is 2.30 bits per heavy atom. The van der Waals surface area contributed by atoms with Crippen LogP contribution in [-0.2, 0) is 9.53 Å². The van der Waals surface area contributed by atoms with Gasteiger partial charge >= 0.3 is 0 Å². The standard InChI is InChI=1S/C20H22N6O3S/c1-14-11-18(26-19(22-14)23-20(24-26)30-2)29-13-16-12-25(9-10-28-16)17(27)7-6-15-5-3-4-8-21-15/h3-8,11,16H,9-10,12-13H2,1-2H3/b7-6+. The highest BCUT2D eigenvalue weighted by Gasteiger charge is 2.24. The van der Waals surface area contributed by atoms with Crippen LogP contribution in [0.1, 0.15) is 11.4 Å². The quantitative estimate of drug-likeness (QED) is 0.436. The van der Waals surface area contributed by atoms with Crippen molar-refractivity contribution >= 4 is 29.5 Å². The number of amides is 1. The zero-order valence-electron chi connectivity index (χ0n) is 16.8.